The van der Waals surface area contributed by atoms with Crippen molar-refractivity contribution < 1.29 is 14.4 Å². The van der Waals surface area contributed by atoms with Gasteiger partial charge in [-0.25, -0.2) is 4.79 Å². The van der Waals surface area contributed by atoms with Gasteiger partial charge in [0.15, 0.2) is 0 Å². The maximum atomic E-state index is 13.6. The predicted octanol–water partition coefficient (Wildman–Crippen LogP) is 2.33. The molecule has 2 aliphatic carbocycles. The largest absolute Gasteiger partial charge is 0.368 e. The Hall–Kier alpha value is -2.61. The number of hydrogen-bond donors (Lipinski definition) is 3. The molecule has 1 saturated heterocycles. The van der Waals surface area contributed by atoms with E-state index in [-0.39, 0.29) is 29.6 Å². The normalized spacial score (nSPS) is 27.7. The van der Waals surface area contributed by atoms with Crippen LogP contribution in [0.4, 0.5) is 4.79 Å². The zero-order valence-electron chi connectivity index (χ0n) is 20.7. The van der Waals surface area contributed by atoms with Gasteiger partial charge in [0.2, 0.25) is 11.8 Å². The number of primary amides is 1. The predicted molar refractivity (Wildman–Crippen MR) is 131 cm³/mol. The molecule has 0 radical (unpaired) electrons. The fraction of sp³-hybridized carbons (Fsp3) is 0.654. The Kier molecular flexibility index (Phi) is 6.64. The van der Waals surface area contributed by atoms with E-state index < -0.39 is 11.4 Å². The van der Waals surface area contributed by atoms with E-state index in [0.717, 1.165) is 45.1 Å². The number of carbonyl (C=O) groups is 3. The van der Waals surface area contributed by atoms with Crippen LogP contribution in [0, 0.1) is 5.92 Å². The van der Waals surface area contributed by atoms with Crippen molar-refractivity contribution in [3.63, 3.8) is 0 Å². The molecule has 1 aliphatic heterocycles. The van der Waals surface area contributed by atoms with E-state index in [1.54, 1.807) is 18.7 Å². The van der Waals surface area contributed by atoms with Crippen LogP contribution in [0.2, 0.25) is 0 Å². The number of hydrogen-bond acceptors (Lipinski definition) is 4. The van der Waals surface area contributed by atoms with E-state index in [4.69, 9.17) is 5.73 Å². The minimum absolute atomic E-state index is 0.0596. The van der Waals surface area contributed by atoms with E-state index in [2.05, 4.69) is 39.8 Å². The summed E-state index contributed by atoms with van der Waals surface area (Å²) in [6, 6.07) is 10.5. The van der Waals surface area contributed by atoms with Crippen LogP contribution in [0.25, 0.3) is 0 Å². The summed E-state index contributed by atoms with van der Waals surface area (Å²) in [5, 5.41) is 6.26. The third-order valence-electron chi connectivity index (χ3n) is 8.47. The molecule has 2 saturated carbocycles. The fourth-order valence-electron chi connectivity index (χ4n) is 5.84. The number of benzene rings is 1. The van der Waals surface area contributed by atoms with Crippen molar-refractivity contribution in [1.82, 2.24) is 20.4 Å². The highest BCUT2D eigenvalue weighted by Gasteiger charge is 2.54. The number of urea groups is 1. The van der Waals surface area contributed by atoms with Gasteiger partial charge in [-0.2, -0.15) is 0 Å². The highest BCUT2D eigenvalue weighted by molar-refractivity contribution is 5.92. The van der Waals surface area contributed by atoms with Crippen molar-refractivity contribution in [3.8, 4) is 0 Å². The lowest BCUT2D eigenvalue weighted by molar-refractivity contribution is -0.130. The number of nitrogens with one attached hydrogen (secondary N) is 2. The van der Waals surface area contributed by atoms with Gasteiger partial charge in [0.25, 0.3) is 0 Å². The molecular weight excluding hydrogens is 430 g/mol. The van der Waals surface area contributed by atoms with Crippen LogP contribution in [0.5, 0.6) is 0 Å². The van der Waals surface area contributed by atoms with Crippen LogP contribution in [0.1, 0.15) is 64.4 Å². The Balaban J connectivity index is 1.51. The highest BCUT2D eigenvalue weighted by Crippen LogP contribution is 2.47. The van der Waals surface area contributed by atoms with E-state index in [9.17, 15) is 14.4 Å². The summed E-state index contributed by atoms with van der Waals surface area (Å²) in [4.78, 5) is 41.7. The Labute approximate surface area is 202 Å². The lowest BCUT2D eigenvalue weighted by Crippen LogP contribution is -2.56. The molecule has 4 rings (SSSR count). The first-order chi connectivity index (χ1) is 16.1. The van der Waals surface area contributed by atoms with E-state index >= 15 is 0 Å². The number of amides is 4. The minimum atomic E-state index is -1.16. The summed E-state index contributed by atoms with van der Waals surface area (Å²) in [6.07, 6.45) is 7.17. The van der Waals surface area contributed by atoms with Crippen molar-refractivity contribution in [1.29, 1.82) is 0 Å². The minimum Gasteiger partial charge on any atom is -0.368 e. The molecule has 3 fully saturated rings. The Bertz CT molecular complexity index is 920. The first kappa shape index (κ1) is 24.5. The Morgan fingerprint density at radius 3 is 2.29 bits per heavy atom. The Morgan fingerprint density at radius 1 is 1.12 bits per heavy atom. The summed E-state index contributed by atoms with van der Waals surface area (Å²) in [5.41, 5.74) is 5.16. The summed E-state index contributed by atoms with van der Waals surface area (Å²) >= 11 is 0. The number of rotatable bonds is 8. The van der Waals surface area contributed by atoms with Crippen molar-refractivity contribution in [2.75, 3.05) is 26.7 Å². The molecule has 0 atom stereocenters. The van der Waals surface area contributed by atoms with Gasteiger partial charge < -0.3 is 26.2 Å². The second-order valence-electron chi connectivity index (χ2n) is 11.0. The van der Waals surface area contributed by atoms with Gasteiger partial charge in [-0.3, -0.25) is 9.59 Å². The molecule has 1 spiro atoms. The van der Waals surface area contributed by atoms with Gasteiger partial charge >= 0.3 is 6.03 Å². The molecule has 0 bridgehead atoms. The number of nitrogens with zero attached hydrogens (tertiary/aromatic N) is 2. The molecule has 0 aromatic heterocycles. The van der Waals surface area contributed by atoms with E-state index in [0.29, 0.717) is 12.5 Å². The average Bonchev–Trinajstić information content (AvgIpc) is 3.02. The first-order valence-electron chi connectivity index (χ1n) is 12.5. The molecular formula is C26H39N5O3. The van der Waals surface area contributed by atoms with Crippen molar-refractivity contribution in [2.45, 2.75) is 75.4 Å². The standard InChI is InChI=1S/C26H39N5O3/c1-24(2,22(27)33)29-21(32)17-30-18-25(31(23(30)34)16-19-8-7-9-19)12-14-26(28-3,15-13-25)20-10-5-4-6-11-20/h4-6,10-11,19,28H,7-9,12-18H2,1-3H3,(H2,27,33)(H,29,32)/t25-,26-. The van der Waals surface area contributed by atoms with Gasteiger partial charge in [-0.1, -0.05) is 36.8 Å². The molecule has 1 heterocycles. The number of nitrogens with two attached hydrogens (primary N) is 1. The maximum absolute atomic E-state index is 13.6. The lowest BCUT2D eigenvalue weighted by atomic mass is 9.68. The number of carbonyl (C=O) groups excluding carboxylic acids is 3. The maximum Gasteiger partial charge on any atom is 0.321 e. The SMILES string of the molecule is CN[C@]1(c2ccccc2)CC[C@@]2(CC1)CN(CC(=O)NC(C)(C)C(N)=O)C(=O)N2CC1CCC1. The first-order valence-corrected chi connectivity index (χ1v) is 12.5. The topological polar surface area (TPSA) is 108 Å². The zero-order valence-corrected chi connectivity index (χ0v) is 20.7. The van der Waals surface area contributed by atoms with Crippen LogP contribution in [-0.2, 0) is 15.1 Å². The van der Waals surface area contributed by atoms with Crippen LogP contribution >= 0.6 is 0 Å². The van der Waals surface area contributed by atoms with E-state index in [1.807, 2.05) is 13.1 Å². The molecule has 8 heteroatoms. The van der Waals surface area contributed by atoms with E-state index in [1.165, 1.54) is 12.0 Å². The quantitative estimate of drug-likeness (QED) is 0.543. The Morgan fingerprint density at radius 2 is 1.76 bits per heavy atom. The van der Waals surface area contributed by atoms with Gasteiger partial charge in [0, 0.05) is 18.6 Å². The van der Waals surface area contributed by atoms with Crippen LogP contribution < -0.4 is 16.4 Å². The average molecular weight is 470 g/mol. The second kappa shape index (κ2) is 9.21. The van der Waals surface area contributed by atoms with Gasteiger partial charge in [-0.15, -0.1) is 0 Å². The molecule has 1 aromatic rings. The van der Waals surface area contributed by atoms with Gasteiger partial charge in [-0.05, 0) is 70.9 Å². The van der Waals surface area contributed by atoms with Crippen LogP contribution in [0.3, 0.4) is 0 Å². The van der Waals surface area contributed by atoms with Crippen molar-refractivity contribution in [3.05, 3.63) is 35.9 Å². The molecule has 34 heavy (non-hydrogen) atoms. The molecule has 4 N–H and O–H groups in total. The van der Waals surface area contributed by atoms with Crippen molar-refractivity contribution >= 4 is 17.8 Å². The zero-order chi connectivity index (χ0) is 24.6. The summed E-state index contributed by atoms with van der Waals surface area (Å²) in [5.74, 6) is -0.413. The summed E-state index contributed by atoms with van der Waals surface area (Å²) in [6.45, 7) is 4.39. The third-order valence-corrected chi connectivity index (χ3v) is 8.47. The fourth-order valence-corrected chi connectivity index (χ4v) is 5.84. The van der Waals surface area contributed by atoms with Gasteiger partial charge in [0.1, 0.15) is 12.1 Å². The second-order valence-corrected chi connectivity index (χ2v) is 11.0. The molecule has 1 aromatic carbocycles. The van der Waals surface area contributed by atoms with Crippen molar-refractivity contribution in [2.24, 2.45) is 11.7 Å². The van der Waals surface area contributed by atoms with Crippen LogP contribution in [-0.4, -0.2) is 65.4 Å². The lowest BCUT2D eigenvalue weighted by Gasteiger charge is -2.49. The summed E-state index contributed by atoms with van der Waals surface area (Å²) in [7, 11) is 2.02. The smallest absolute Gasteiger partial charge is 0.321 e. The summed E-state index contributed by atoms with van der Waals surface area (Å²) < 4.78 is 0. The molecule has 186 valence electrons. The monoisotopic (exact) mass is 469 g/mol. The molecule has 4 amide bonds. The van der Waals surface area contributed by atoms with Crippen LogP contribution in [0.15, 0.2) is 30.3 Å². The molecule has 3 aliphatic rings. The van der Waals surface area contributed by atoms with Gasteiger partial charge in [0.05, 0.1) is 5.54 Å². The highest BCUT2D eigenvalue weighted by atomic mass is 16.2. The molecule has 0 unspecified atom stereocenters. The third kappa shape index (κ3) is 4.52. The molecule has 8 nitrogen and oxygen atoms in total.